The molecule has 0 saturated heterocycles. The number of aromatic nitrogens is 1. The lowest BCUT2D eigenvalue weighted by Gasteiger charge is -2.28. The van der Waals surface area contributed by atoms with Gasteiger partial charge in [-0.2, -0.15) is 0 Å². The Labute approximate surface area is 127 Å². The minimum atomic E-state index is -0.554. The number of anilines is 1. The summed E-state index contributed by atoms with van der Waals surface area (Å²) >= 11 is 7.72. The first kappa shape index (κ1) is 15.2. The average Bonchev–Trinajstić information content (AvgIpc) is 2.93. The van der Waals surface area contributed by atoms with Crippen LogP contribution in [0.25, 0.3) is 10.2 Å². The second-order valence-corrected chi connectivity index (χ2v) is 6.06. The maximum absolute atomic E-state index is 12.6. The smallest absolute Gasteiger partial charge is 0.231 e. The van der Waals surface area contributed by atoms with Crippen molar-refractivity contribution in [1.29, 1.82) is 0 Å². The van der Waals surface area contributed by atoms with Crippen molar-refractivity contribution in [3.05, 3.63) is 22.7 Å². The molecule has 0 saturated carbocycles. The van der Waals surface area contributed by atoms with Crippen LogP contribution in [-0.2, 0) is 4.79 Å². The van der Waals surface area contributed by atoms with Crippen molar-refractivity contribution in [3.63, 3.8) is 0 Å². The summed E-state index contributed by atoms with van der Waals surface area (Å²) in [6.07, 6.45) is 1.38. The molecular weight excluding hydrogens is 294 g/mol. The highest BCUT2D eigenvalue weighted by Gasteiger charge is 2.34. The molecule has 6 heteroatoms. The van der Waals surface area contributed by atoms with Gasteiger partial charge in [0.15, 0.2) is 0 Å². The van der Waals surface area contributed by atoms with E-state index in [0.29, 0.717) is 30.1 Å². The van der Waals surface area contributed by atoms with E-state index in [0.717, 1.165) is 10.2 Å². The van der Waals surface area contributed by atoms with E-state index in [1.165, 1.54) is 11.3 Å². The summed E-state index contributed by atoms with van der Waals surface area (Å²) in [6.45, 7) is 4.26. The molecule has 108 valence electrons. The van der Waals surface area contributed by atoms with Crippen LogP contribution in [0.1, 0.15) is 26.7 Å². The van der Waals surface area contributed by atoms with Gasteiger partial charge in [0, 0.05) is 6.54 Å². The Morgan fingerprint density at radius 1 is 1.45 bits per heavy atom. The maximum Gasteiger partial charge on any atom is 0.231 e. The third-order valence-corrected chi connectivity index (χ3v) is 5.03. The number of rotatable bonds is 5. The molecule has 3 N–H and O–H groups in total. The lowest BCUT2D eigenvalue weighted by atomic mass is 9.81. The van der Waals surface area contributed by atoms with Gasteiger partial charge in [-0.3, -0.25) is 4.79 Å². The molecule has 4 nitrogen and oxygen atoms in total. The highest BCUT2D eigenvalue weighted by molar-refractivity contribution is 7.16. The van der Waals surface area contributed by atoms with Gasteiger partial charge in [-0.05, 0) is 25.0 Å². The number of carbonyl (C=O) groups excluding carboxylic acids is 1. The van der Waals surface area contributed by atoms with Crippen molar-refractivity contribution in [1.82, 2.24) is 4.98 Å². The first-order chi connectivity index (χ1) is 9.57. The minimum Gasteiger partial charge on any atom is -0.329 e. The zero-order valence-corrected chi connectivity index (χ0v) is 13.1. The largest absolute Gasteiger partial charge is 0.329 e. The van der Waals surface area contributed by atoms with Crippen LogP contribution in [0.5, 0.6) is 0 Å². The van der Waals surface area contributed by atoms with Crippen LogP contribution in [0.4, 0.5) is 5.69 Å². The van der Waals surface area contributed by atoms with E-state index >= 15 is 0 Å². The van der Waals surface area contributed by atoms with Gasteiger partial charge >= 0.3 is 0 Å². The van der Waals surface area contributed by atoms with E-state index in [1.807, 2.05) is 19.9 Å². The topological polar surface area (TPSA) is 68.0 Å². The molecule has 0 unspecified atom stereocenters. The highest BCUT2D eigenvalue weighted by atomic mass is 35.5. The summed E-state index contributed by atoms with van der Waals surface area (Å²) in [7, 11) is 0. The predicted octanol–water partition coefficient (Wildman–Crippen LogP) is 3.65. The molecule has 1 heterocycles. The van der Waals surface area contributed by atoms with Crippen molar-refractivity contribution in [2.24, 2.45) is 11.1 Å². The summed E-state index contributed by atoms with van der Waals surface area (Å²) < 4.78 is 0.996. The standard InChI is InChI=1S/C14H18ClN3OS/c1-3-14(4-2,7-16)13(19)18-11-9(15)5-6-10-12(11)17-8-20-10/h5-6,8H,3-4,7,16H2,1-2H3,(H,18,19). The molecule has 20 heavy (non-hydrogen) atoms. The van der Waals surface area contributed by atoms with Crippen molar-refractivity contribution in [3.8, 4) is 0 Å². The number of fused-ring (bicyclic) bond motifs is 1. The number of hydrogen-bond donors (Lipinski definition) is 2. The maximum atomic E-state index is 12.6. The van der Waals surface area contributed by atoms with Gasteiger partial charge in [0.25, 0.3) is 0 Å². The number of nitrogens with two attached hydrogens (primary N) is 1. The summed E-state index contributed by atoms with van der Waals surface area (Å²) in [4.78, 5) is 16.9. The molecule has 0 aliphatic carbocycles. The van der Waals surface area contributed by atoms with Gasteiger partial charge in [-0.1, -0.05) is 25.4 Å². The Morgan fingerprint density at radius 3 is 2.75 bits per heavy atom. The van der Waals surface area contributed by atoms with Gasteiger partial charge in [0.2, 0.25) is 5.91 Å². The van der Waals surface area contributed by atoms with E-state index in [-0.39, 0.29) is 5.91 Å². The zero-order valence-electron chi connectivity index (χ0n) is 11.6. The van der Waals surface area contributed by atoms with E-state index in [9.17, 15) is 4.79 Å². The van der Waals surface area contributed by atoms with Crippen LogP contribution in [0.2, 0.25) is 5.02 Å². The van der Waals surface area contributed by atoms with E-state index in [2.05, 4.69) is 10.3 Å². The monoisotopic (exact) mass is 311 g/mol. The molecule has 1 aromatic heterocycles. The molecule has 0 aliphatic heterocycles. The third kappa shape index (κ3) is 2.53. The third-order valence-electron chi connectivity index (χ3n) is 3.92. The van der Waals surface area contributed by atoms with Gasteiger partial charge in [-0.25, -0.2) is 4.98 Å². The fourth-order valence-electron chi connectivity index (χ4n) is 2.22. The van der Waals surface area contributed by atoms with Gasteiger partial charge in [0.05, 0.1) is 26.3 Å². The molecule has 0 spiro atoms. The van der Waals surface area contributed by atoms with Crippen LogP contribution in [0, 0.1) is 5.41 Å². The van der Waals surface area contributed by atoms with Crippen molar-refractivity contribution < 1.29 is 4.79 Å². The van der Waals surface area contributed by atoms with Crippen molar-refractivity contribution in [2.45, 2.75) is 26.7 Å². The molecule has 0 aliphatic rings. The molecule has 0 radical (unpaired) electrons. The number of amides is 1. The first-order valence-electron chi connectivity index (χ1n) is 6.61. The quantitative estimate of drug-likeness (QED) is 0.885. The Hall–Kier alpha value is -1.17. The summed E-state index contributed by atoms with van der Waals surface area (Å²) in [5.74, 6) is -0.0904. The van der Waals surface area contributed by atoms with Crippen LogP contribution in [-0.4, -0.2) is 17.4 Å². The normalized spacial score (nSPS) is 11.8. The van der Waals surface area contributed by atoms with Crippen LogP contribution in [0.3, 0.4) is 0 Å². The molecule has 2 aromatic rings. The van der Waals surface area contributed by atoms with Gasteiger partial charge in [-0.15, -0.1) is 11.3 Å². The first-order valence-corrected chi connectivity index (χ1v) is 7.87. The lowest BCUT2D eigenvalue weighted by molar-refractivity contribution is -0.125. The Morgan fingerprint density at radius 2 is 2.15 bits per heavy atom. The molecule has 0 atom stereocenters. The lowest BCUT2D eigenvalue weighted by Crippen LogP contribution is -2.41. The number of nitrogens with zero attached hydrogens (tertiary/aromatic N) is 1. The Kier molecular flexibility index (Phi) is 4.62. The number of hydrogen-bond acceptors (Lipinski definition) is 4. The summed E-state index contributed by atoms with van der Waals surface area (Å²) in [6, 6.07) is 3.68. The van der Waals surface area contributed by atoms with E-state index in [4.69, 9.17) is 17.3 Å². The van der Waals surface area contributed by atoms with Crippen molar-refractivity contribution in [2.75, 3.05) is 11.9 Å². The van der Waals surface area contributed by atoms with Gasteiger partial charge in [0.1, 0.15) is 5.52 Å². The fraction of sp³-hybridized carbons (Fsp3) is 0.429. The number of halogens is 1. The molecule has 0 bridgehead atoms. The van der Waals surface area contributed by atoms with Crippen molar-refractivity contribution >= 4 is 44.7 Å². The summed E-state index contributed by atoms with van der Waals surface area (Å²) in [5.41, 5.74) is 8.30. The predicted molar refractivity (Wildman–Crippen MR) is 85.3 cm³/mol. The highest BCUT2D eigenvalue weighted by Crippen LogP contribution is 2.34. The van der Waals surface area contributed by atoms with Crippen LogP contribution < -0.4 is 11.1 Å². The molecular formula is C14H18ClN3OS. The number of benzene rings is 1. The zero-order chi connectivity index (χ0) is 14.8. The van der Waals surface area contributed by atoms with E-state index in [1.54, 1.807) is 11.6 Å². The molecule has 1 aromatic carbocycles. The number of nitrogens with one attached hydrogen (secondary N) is 1. The molecule has 2 rings (SSSR count). The average molecular weight is 312 g/mol. The molecule has 1 amide bonds. The SMILES string of the molecule is CCC(CC)(CN)C(=O)Nc1c(Cl)ccc2scnc12. The van der Waals surface area contributed by atoms with E-state index < -0.39 is 5.41 Å². The second-order valence-electron chi connectivity index (χ2n) is 4.77. The van der Waals surface area contributed by atoms with Gasteiger partial charge < -0.3 is 11.1 Å². The molecule has 0 fully saturated rings. The Balaban J connectivity index is 2.39. The van der Waals surface area contributed by atoms with Crippen LogP contribution >= 0.6 is 22.9 Å². The fourth-order valence-corrected chi connectivity index (χ4v) is 3.11. The second kappa shape index (κ2) is 6.08. The minimum absolute atomic E-state index is 0.0904. The summed E-state index contributed by atoms with van der Waals surface area (Å²) in [5, 5.41) is 3.42. The number of carbonyl (C=O) groups is 1. The van der Waals surface area contributed by atoms with Crippen LogP contribution in [0.15, 0.2) is 17.6 Å². The number of thiazole rings is 1. The Bertz CT molecular complexity index is 614.